The normalized spacial score (nSPS) is 22.6. The number of ether oxygens (including phenoxy) is 1. The molecule has 1 unspecified atom stereocenters. The van der Waals surface area contributed by atoms with Crippen molar-refractivity contribution in [2.45, 2.75) is 43.7 Å². The minimum Gasteiger partial charge on any atom is -0.378 e. The molecule has 0 bridgehead atoms. The minimum absolute atomic E-state index is 0.159. The molecule has 3 saturated heterocycles. The number of hydrogen-bond donors (Lipinski definition) is 0. The van der Waals surface area contributed by atoms with Crippen molar-refractivity contribution in [1.82, 2.24) is 24.4 Å². The van der Waals surface area contributed by atoms with E-state index in [0.29, 0.717) is 92.9 Å². The molecule has 2 aromatic heterocycles. The van der Waals surface area contributed by atoms with Crippen molar-refractivity contribution in [3.05, 3.63) is 52.3 Å². The topological polar surface area (TPSA) is 95.6 Å². The van der Waals surface area contributed by atoms with Crippen LogP contribution in [0.4, 0.5) is 24.7 Å². The third kappa shape index (κ3) is 5.60. The Hall–Kier alpha value is -3.23. The van der Waals surface area contributed by atoms with Crippen LogP contribution >= 0.6 is 0 Å². The molecule has 232 valence electrons. The molecule has 14 heteroatoms. The summed E-state index contributed by atoms with van der Waals surface area (Å²) in [6.45, 7) is 5.27. The highest BCUT2D eigenvalue weighted by atomic mass is 32.2. The highest BCUT2D eigenvalue weighted by molar-refractivity contribution is 7.94. The first-order valence-electron chi connectivity index (χ1n) is 14.4. The van der Waals surface area contributed by atoms with E-state index in [4.69, 9.17) is 14.8 Å². The first-order chi connectivity index (χ1) is 20.4. The number of imidazole rings is 1. The number of sulfone groups is 1. The van der Waals surface area contributed by atoms with Crippen LogP contribution < -0.4 is 4.90 Å². The number of fused-ring (bicyclic) bond motifs is 1. The molecular weight excluding hydrogens is 583 g/mol. The van der Waals surface area contributed by atoms with Crippen molar-refractivity contribution in [1.29, 1.82) is 0 Å². The first kappa shape index (κ1) is 29.8. The third-order valence-electron chi connectivity index (χ3n) is 8.85. The van der Waals surface area contributed by atoms with Crippen LogP contribution in [0, 0.1) is 6.92 Å². The number of aromatic nitrogens is 3. The molecule has 43 heavy (non-hydrogen) atoms. The summed E-state index contributed by atoms with van der Waals surface area (Å²) in [6, 6.07) is 6.11. The van der Waals surface area contributed by atoms with Crippen molar-refractivity contribution in [3.8, 4) is 0 Å². The molecule has 0 aliphatic carbocycles. The van der Waals surface area contributed by atoms with Crippen LogP contribution in [0.1, 0.15) is 40.9 Å². The van der Waals surface area contributed by atoms with E-state index in [1.165, 1.54) is 13.0 Å². The fourth-order valence-corrected chi connectivity index (χ4v) is 8.15. The zero-order valence-electron chi connectivity index (χ0n) is 24.6. The Morgan fingerprint density at radius 1 is 1.16 bits per heavy atom. The molecular formula is C29H36F3N7O3S. The summed E-state index contributed by atoms with van der Waals surface area (Å²) < 4.78 is 73.3. The summed E-state index contributed by atoms with van der Waals surface area (Å²) in [5.41, 5.74) is 2.40. The summed E-state index contributed by atoms with van der Waals surface area (Å²) in [6.07, 6.45) is -1.41. The van der Waals surface area contributed by atoms with Gasteiger partial charge in [-0.25, -0.2) is 22.9 Å². The van der Waals surface area contributed by atoms with E-state index in [-0.39, 0.29) is 17.7 Å². The Bertz CT molecular complexity index is 1670. The van der Waals surface area contributed by atoms with E-state index in [1.54, 1.807) is 16.9 Å². The van der Waals surface area contributed by atoms with Gasteiger partial charge in [0.15, 0.2) is 21.3 Å². The molecule has 6 rings (SSSR count). The van der Waals surface area contributed by atoms with Gasteiger partial charge in [0.25, 0.3) is 0 Å². The quantitative estimate of drug-likeness (QED) is 0.293. The lowest BCUT2D eigenvalue weighted by Gasteiger charge is -2.37. The second-order valence-electron chi connectivity index (χ2n) is 11.9. The van der Waals surface area contributed by atoms with E-state index in [0.717, 1.165) is 6.07 Å². The van der Waals surface area contributed by atoms with Crippen molar-refractivity contribution in [2.24, 2.45) is 4.99 Å². The number of nitrogens with zero attached hydrogens (tertiary/aromatic N) is 7. The standard InChI is InChI=1S/C29H36F3N7O3S/c1-20-21(5-4-6-22(20)29(30,31)32)15-25-24(17-37-9-7-28(18-37)8-14-43(28,40)41)34-27-23(33-19-36(2)3)16-26(35-39(25)27)38-10-12-42-13-11-38/h4-6,16,19H,7-15,17-18H2,1-3H3. The van der Waals surface area contributed by atoms with Crippen molar-refractivity contribution in [3.63, 3.8) is 0 Å². The number of anilines is 1. The summed E-state index contributed by atoms with van der Waals surface area (Å²) in [5.74, 6) is 0.893. The van der Waals surface area contributed by atoms with Gasteiger partial charge in [-0.15, -0.1) is 5.10 Å². The van der Waals surface area contributed by atoms with Gasteiger partial charge in [0.1, 0.15) is 5.69 Å². The Morgan fingerprint density at radius 3 is 2.56 bits per heavy atom. The molecule has 1 aromatic carbocycles. The van der Waals surface area contributed by atoms with Gasteiger partial charge in [0.2, 0.25) is 0 Å². The third-order valence-corrected chi connectivity index (χ3v) is 11.5. The monoisotopic (exact) mass is 619 g/mol. The average molecular weight is 620 g/mol. The van der Waals surface area contributed by atoms with Crippen LogP contribution in [0.2, 0.25) is 0 Å². The maximum absolute atomic E-state index is 13.8. The Kier molecular flexibility index (Phi) is 7.66. The molecule has 3 fully saturated rings. The molecule has 0 amide bonds. The number of hydrogen-bond acceptors (Lipinski definition) is 8. The molecule has 3 aliphatic heterocycles. The molecule has 0 radical (unpaired) electrons. The van der Waals surface area contributed by atoms with Gasteiger partial charge in [-0.05, 0) is 37.0 Å². The Labute approximate surface area is 249 Å². The predicted octanol–water partition coefficient (Wildman–Crippen LogP) is 3.47. The molecule has 0 saturated carbocycles. The number of aliphatic imine (C=N–C) groups is 1. The fraction of sp³-hybridized carbons (Fsp3) is 0.552. The maximum Gasteiger partial charge on any atom is 0.416 e. The van der Waals surface area contributed by atoms with Crippen LogP contribution in [0.3, 0.4) is 0 Å². The van der Waals surface area contributed by atoms with Crippen LogP contribution in [0.15, 0.2) is 29.3 Å². The molecule has 3 aliphatic rings. The largest absolute Gasteiger partial charge is 0.416 e. The number of morpholine rings is 1. The van der Waals surface area contributed by atoms with Gasteiger partial charge in [-0.3, -0.25) is 4.90 Å². The lowest BCUT2D eigenvalue weighted by molar-refractivity contribution is -0.138. The highest BCUT2D eigenvalue weighted by Crippen LogP contribution is 2.42. The lowest BCUT2D eigenvalue weighted by atomic mass is 9.98. The Morgan fingerprint density at radius 2 is 1.93 bits per heavy atom. The van der Waals surface area contributed by atoms with Crippen LogP contribution in [0.25, 0.3) is 5.65 Å². The van der Waals surface area contributed by atoms with Gasteiger partial charge >= 0.3 is 6.18 Å². The van der Waals surface area contributed by atoms with E-state index < -0.39 is 26.3 Å². The van der Waals surface area contributed by atoms with Crippen LogP contribution in [-0.2, 0) is 33.7 Å². The summed E-state index contributed by atoms with van der Waals surface area (Å²) in [4.78, 5) is 15.7. The molecule has 5 heterocycles. The number of halogens is 3. The average Bonchev–Trinajstić information content (AvgIpc) is 3.55. The van der Waals surface area contributed by atoms with Crippen molar-refractivity contribution in [2.75, 3.05) is 64.1 Å². The van der Waals surface area contributed by atoms with Gasteiger partial charge in [0.05, 0.1) is 47.0 Å². The van der Waals surface area contributed by atoms with Crippen molar-refractivity contribution < 1.29 is 26.3 Å². The smallest absolute Gasteiger partial charge is 0.378 e. The fourth-order valence-electron chi connectivity index (χ4n) is 6.26. The number of alkyl halides is 3. The van der Waals surface area contributed by atoms with Crippen molar-refractivity contribution >= 4 is 33.3 Å². The van der Waals surface area contributed by atoms with E-state index in [9.17, 15) is 21.6 Å². The Balaban J connectivity index is 1.47. The van der Waals surface area contributed by atoms with Gasteiger partial charge in [-0.1, -0.05) is 12.1 Å². The summed E-state index contributed by atoms with van der Waals surface area (Å²) in [5, 5.41) is 4.96. The molecule has 1 atom stereocenters. The summed E-state index contributed by atoms with van der Waals surface area (Å²) >= 11 is 0. The molecule has 3 aromatic rings. The number of likely N-dealkylation sites (tertiary alicyclic amines) is 1. The zero-order chi connectivity index (χ0) is 30.6. The van der Waals surface area contributed by atoms with Gasteiger partial charge in [-0.2, -0.15) is 13.2 Å². The summed E-state index contributed by atoms with van der Waals surface area (Å²) in [7, 11) is 0.604. The van der Waals surface area contributed by atoms with Gasteiger partial charge in [0, 0.05) is 59.3 Å². The van der Waals surface area contributed by atoms with Crippen LogP contribution in [0.5, 0.6) is 0 Å². The van der Waals surface area contributed by atoms with E-state index >= 15 is 0 Å². The number of rotatable bonds is 7. The molecule has 1 spiro atoms. The zero-order valence-corrected chi connectivity index (χ0v) is 25.4. The second kappa shape index (κ2) is 11.0. The predicted molar refractivity (Wildman–Crippen MR) is 158 cm³/mol. The maximum atomic E-state index is 13.8. The first-order valence-corrected chi connectivity index (χ1v) is 16.1. The highest BCUT2D eigenvalue weighted by Gasteiger charge is 2.55. The van der Waals surface area contributed by atoms with E-state index in [2.05, 4.69) is 14.8 Å². The molecule has 10 nitrogen and oxygen atoms in total. The SMILES string of the molecule is Cc1c(Cc2c(CN3CCC4(CCS4(=O)=O)C3)nc3c(N=CN(C)C)cc(N4CCOCC4)nn23)cccc1C(F)(F)F. The second-order valence-corrected chi connectivity index (χ2v) is 14.4. The molecule has 0 N–H and O–H groups in total. The van der Waals surface area contributed by atoms with Crippen LogP contribution in [-0.4, -0.2) is 103 Å². The lowest BCUT2D eigenvalue weighted by Crippen LogP contribution is -2.52. The van der Waals surface area contributed by atoms with E-state index in [1.807, 2.05) is 25.1 Å². The minimum atomic E-state index is -4.48. The number of benzene rings is 1. The van der Waals surface area contributed by atoms with Gasteiger partial charge < -0.3 is 14.5 Å².